The van der Waals surface area contributed by atoms with E-state index >= 15 is 0 Å². The van der Waals surface area contributed by atoms with Gasteiger partial charge in [0.15, 0.2) is 5.13 Å². The normalized spacial score (nSPS) is 10.8. The van der Waals surface area contributed by atoms with E-state index in [1.807, 2.05) is 60.7 Å². The van der Waals surface area contributed by atoms with E-state index in [-0.39, 0.29) is 11.7 Å². The number of carbonyl (C=O) groups excluding carboxylic acids is 1. The summed E-state index contributed by atoms with van der Waals surface area (Å²) in [7, 11) is 1.63. The van der Waals surface area contributed by atoms with Gasteiger partial charge in [-0.15, -0.1) is 10.2 Å². The van der Waals surface area contributed by atoms with E-state index in [9.17, 15) is 4.79 Å². The minimum absolute atomic E-state index is 0.122. The number of nitrogens with zero attached hydrogens (tertiary/aromatic N) is 3. The molecule has 0 atom stereocenters. The molecule has 1 amide bonds. The first kappa shape index (κ1) is 18.4. The molecule has 0 radical (unpaired) electrons. The summed E-state index contributed by atoms with van der Waals surface area (Å²) in [4.78, 5) is 16.6. The first-order valence-corrected chi connectivity index (χ1v) is 10.3. The van der Waals surface area contributed by atoms with E-state index in [0.717, 1.165) is 27.2 Å². The van der Waals surface area contributed by atoms with Crippen LogP contribution in [-0.2, 0) is 4.79 Å². The zero-order chi connectivity index (χ0) is 19.3. The molecule has 0 bridgehead atoms. The summed E-state index contributed by atoms with van der Waals surface area (Å²) in [6, 6.07) is 19.2. The molecular formula is C20H16N4O2S2. The van der Waals surface area contributed by atoms with Crippen LogP contribution in [0, 0.1) is 0 Å². The number of rotatable bonds is 6. The van der Waals surface area contributed by atoms with Crippen molar-refractivity contribution in [2.45, 2.75) is 5.03 Å². The van der Waals surface area contributed by atoms with Gasteiger partial charge in [0.05, 0.1) is 28.8 Å². The number of carbonyl (C=O) groups is 1. The molecule has 0 unspecified atom stereocenters. The summed E-state index contributed by atoms with van der Waals surface area (Å²) in [5, 5.41) is 12.6. The van der Waals surface area contributed by atoms with Crippen LogP contribution in [0.5, 0.6) is 5.75 Å². The second-order valence-electron chi connectivity index (χ2n) is 5.81. The Labute approximate surface area is 170 Å². The maximum Gasteiger partial charge on any atom is 0.236 e. The summed E-state index contributed by atoms with van der Waals surface area (Å²) in [5.74, 6) is 0.885. The topological polar surface area (TPSA) is 77.0 Å². The van der Waals surface area contributed by atoms with Crippen LogP contribution in [0.4, 0.5) is 5.13 Å². The number of para-hydroxylation sites is 1. The fraction of sp³-hybridized carbons (Fsp3) is 0.100. The third-order valence-electron chi connectivity index (χ3n) is 3.90. The molecule has 1 N–H and O–H groups in total. The number of thiazole rings is 1. The van der Waals surface area contributed by atoms with Crippen LogP contribution in [0.25, 0.3) is 21.5 Å². The fourth-order valence-corrected chi connectivity index (χ4v) is 4.05. The molecule has 2 aromatic heterocycles. The van der Waals surface area contributed by atoms with Crippen molar-refractivity contribution < 1.29 is 9.53 Å². The molecule has 2 heterocycles. The largest absolute Gasteiger partial charge is 0.497 e. The van der Waals surface area contributed by atoms with Gasteiger partial charge in [-0.05, 0) is 36.4 Å². The monoisotopic (exact) mass is 408 g/mol. The maximum absolute atomic E-state index is 12.2. The lowest BCUT2D eigenvalue weighted by Gasteiger charge is -2.04. The van der Waals surface area contributed by atoms with E-state index in [4.69, 9.17) is 4.74 Å². The molecule has 0 aliphatic heterocycles. The third kappa shape index (κ3) is 4.29. The standard InChI is InChI=1S/C20H16N4O2S2/c1-26-14-6-4-5-13(11-14)15-9-10-19(24-23-15)27-12-18(25)22-20-21-16-7-2-3-8-17(16)28-20/h2-11H,12H2,1H3,(H,21,22,25). The number of amides is 1. The average molecular weight is 409 g/mol. The molecule has 0 fully saturated rings. The van der Waals surface area contributed by atoms with E-state index < -0.39 is 0 Å². The summed E-state index contributed by atoms with van der Waals surface area (Å²) >= 11 is 2.79. The maximum atomic E-state index is 12.2. The SMILES string of the molecule is COc1cccc(-c2ccc(SCC(=O)Nc3nc4ccccc4s3)nn2)c1. The Bertz CT molecular complexity index is 1080. The molecule has 28 heavy (non-hydrogen) atoms. The number of methoxy groups -OCH3 is 1. The van der Waals surface area contributed by atoms with Gasteiger partial charge in [0.1, 0.15) is 10.8 Å². The molecule has 0 saturated carbocycles. The highest BCUT2D eigenvalue weighted by Crippen LogP contribution is 2.26. The van der Waals surface area contributed by atoms with Gasteiger partial charge in [0.2, 0.25) is 5.91 Å². The van der Waals surface area contributed by atoms with Crippen LogP contribution >= 0.6 is 23.1 Å². The predicted molar refractivity (Wildman–Crippen MR) is 113 cm³/mol. The molecule has 0 saturated heterocycles. The minimum atomic E-state index is -0.122. The number of aromatic nitrogens is 3. The average Bonchev–Trinajstić information content (AvgIpc) is 3.15. The molecule has 2 aromatic carbocycles. The van der Waals surface area contributed by atoms with E-state index in [0.29, 0.717) is 10.2 Å². The van der Waals surface area contributed by atoms with Crippen molar-refractivity contribution in [3.05, 3.63) is 60.7 Å². The Balaban J connectivity index is 1.35. The lowest BCUT2D eigenvalue weighted by molar-refractivity contribution is -0.113. The molecule has 0 aliphatic rings. The zero-order valence-corrected chi connectivity index (χ0v) is 16.6. The number of hydrogen-bond donors (Lipinski definition) is 1. The number of nitrogens with one attached hydrogen (secondary N) is 1. The highest BCUT2D eigenvalue weighted by Gasteiger charge is 2.09. The summed E-state index contributed by atoms with van der Waals surface area (Å²) in [6.45, 7) is 0. The van der Waals surface area contributed by atoms with Crippen molar-refractivity contribution in [3.8, 4) is 17.0 Å². The zero-order valence-electron chi connectivity index (χ0n) is 15.0. The highest BCUT2D eigenvalue weighted by atomic mass is 32.2. The van der Waals surface area contributed by atoms with Crippen molar-refractivity contribution in [1.82, 2.24) is 15.2 Å². The second-order valence-corrected chi connectivity index (χ2v) is 7.84. The van der Waals surface area contributed by atoms with Crippen LogP contribution in [-0.4, -0.2) is 34.0 Å². The summed E-state index contributed by atoms with van der Waals surface area (Å²) in [5.41, 5.74) is 2.56. The van der Waals surface area contributed by atoms with Crippen molar-refractivity contribution >= 4 is 44.4 Å². The van der Waals surface area contributed by atoms with Crippen LogP contribution in [0.1, 0.15) is 0 Å². The number of hydrogen-bond acceptors (Lipinski definition) is 7. The van der Waals surface area contributed by atoms with Crippen LogP contribution in [0.3, 0.4) is 0 Å². The van der Waals surface area contributed by atoms with E-state index in [2.05, 4.69) is 20.5 Å². The second kappa shape index (κ2) is 8.37. The van der Waals surface area contributed by atoms with Crippen molar-refractivity contribution in [1.29, 1.82) is 0 Å². The molecule has 140 valence electrons. The van der Waals surface area contributed by atoms with Crippen LogP contribution in [0.15, 0.2) is 65.7 Å². The molecule has 4 aromatic rings. The highest BCUT2D eigenvalue weighted by molar-refractivity contribution is 7.99. The number of ether oxygens (including phenoxy) is 1. The van der Waals surface area contributed by atoms with Crippen molar-refractivity contribution in [2.24, 2.45) is 0 Å². The molecule has 8 heteroatoms. The summed E-state index contributed by atoms with van der Waals surface area (Å²) in [6.07, 6.45) is 0. The number of fused-ring (bicyclic) bond motifs is 1. The molecule has 0 aliphatic carbocycles. The smallest absolute Gasteiger partial charge is 0.236 e. The van der Waals surface area contributed by atoms with Gasteiger partial charge < -0.3 is 10.1 Å². The van der Waals surface area contributed by atoms with Gasteiger partial charge in [-0.2, -0.15) is 0 Å². The Morgan fingerprint density at radius 1 is 1.11 bits per heavy atom. The van der Waals surface area contributed by atoms with E-state index in [1.165, 1.54) is 23.1 Å². The fourth-order valence-electron chi connectivity index (χ4n) is 2.55. The first-order chi connectivity index (χ1) is 13.7. The van der Waals surface area contributed by atoms with Gasteiger partial charge >= 0.3 is 0 Å². The van der Waals surface area contributed by atoms with Crippen LogP contribution < -0.4 is 10.1 Å². The van der Waals surface area contributed by atoms with Gasteiger partial charge in [0.25, 0.3) is 0 Å². The Morgan fingerprint density at radius 2 is 2.00 bits per heavy atom. The number of benzene rings is 2. The number of thioether (sulfide) groups is 1. The van der Waals surface area contributed by atoms with Gasteiger partial charge in [-0.25, -0.2) is 4.98 Å². The van der Waals surface area contributed by atoms with Gasteiger partial charge in [-0.1, -0.05) is 47.4 Å². The molecule has 6 nitrogen and oxygen atoms in total. The molecule has 0 spiro atoms. The number of anilines is 1. The minimum Gasteiger partial charge on any atom is -0.497 e. The lowest BCUT2D eigenvalue weighted by atomic mass is 10.1. The van der Waals surface area contributed by atoms with Gasteiger partial charge in [-0.3, -0.25) is 4.79 Å². The van der Waals surface area contributed by atoms with Crippen molar-refractivity contribution in [3.63, 3.8) is 0 Å². The molecular weight excluding hydrogens is 392 g/mol. The quantitative estimate of drug-likeness (QED) is 0.474. The Morgan fingerprint density at radius 3 is 2.79 bits per heavy atom. The van der Waals surface area contributed by atoms with Crippen molar-refractivity contribution in [2.75, 3.05) is 18.2 Å². The first-order valence-electron chi connectivity index (χ1n) is 8.47. The van der Waals surface area contributed by atoms with Gasteiger partial charge in [0, 0.05) is 5.56 Å². The van der Waals surface area contributed by atoms with E-state index in [1.54, 1.807) is 7.11 Å². The summed E-state index contributed by atoms with van der Waals surface area (Å²) < 4.78 is 6.28. The lowest BCUT2D eigenvalue weighted by Crippen LogP contribution is -2.13. The molecule has 4 rings (SSSR count). The third-order valence-corrected chi connectivity index (χ3v) is 5.77. The Hall–Kier alpha value is -2.97. The predicted octanol–water partition coefficient (Wildman–Crippen LogP) is 4.49. The van der Waals surface area contributed by atoms with Crippen LogP contribution in [0.2, 0.25) is 0 Å². The Kier molecular flexibility index (Phi) is 5.50.